The summed E-state index contributed by atoms with van der Waals surface area (Å²) in [4.78, 5) is 42.2. The molecule has 0 saturated carbocycles. The summed E-state index contributed by atoms with van der Waals surface area (Å²) >= 11 is 1.15. The minimum absolute atomic E-state index is 0.171. The van der Waals surface area contributed by atoms with E-state index in [2.05, 4.69) is 16.0 Å². The van der Waals surface area contributed by atoms with Gasteiger partial charge >= 0.3 is 6.03 Å². The molecule has 9 nitrogen and oxygen atoms in total. The molecule has 0 aliphatic carbocycles. The van der Waals surface area contributed by atoms with E-state index in [1.165, 1.54) is 0 Å². The van der Waals surface area contributed by atoms with E-state index in [9.17, 15) is 14.4 Å². The molecule has 4 aromatic rings. The Kier molecular flexibility index (Phi) is 8.68. The molecule has 1 aliphatic heterocycles. The molecule has 0 unspecified atom stereocenters. The van der Waals surface area contributed by atoms with E-state index in [-0.39, 0.29) is 10.6 Å². The Balaban J connectivity index is 1.40. The highest BCUT2D eigenvalue weighted by atomic mass is 32.2. The van der Waals surface area contributed by atoms with Gasteiger partial charge in [0.25, 0.3) is 11.8 Å². The lowest BCUT2D eigenvalue weighted by molar-refractivity contribution is -0.120. The van der Waals surface area contributed by atoms with Gasteiger partial charge < -0.3 is 25.4 Å². The lowest BCUT2D eigenvalue weighted by Gasteiger charge is -2.16. The van der Waals surface area contributed by atoms with Crippen LogP contribution in [0.1, 0.15) is 11.1 Å². The van der Waals surface area contributed by atoms with Crippen molar-refractivity contribution in [1.82, 2.24) is 0 Å². The van der Waals surface area contributed by atoms with Gasteiger partial charge in [-0.25, -0.2) is 9.69 Å². The summed E-state index contributed by atoms with van der Waals surface area (Å²) in [6.45, 7) is 3.99. The van der Waals surface area contributed by atoms with Crippen LogP contribution in [0.15, 0.2) is 106 Å². The molecule has 5 rings (SSSR count). The molecule has 43 heavy (non-hydrogen) atoms. The lowest BCUT2D eigenvalue weighted by Crippen LogP contribution is -2.32. The van der Waals surface area contributed by atoms with E-state index in [1.807, 2.05) is 38.1 Å². The summed E-state index contributed by atoms with van der Waals surface area (Å²) in [7, 11) is 3.12. The number of nitrogens with one attached hydrogen (secondary N) is 3. The third-order valence-electron chi connectivity index (χ3n) is 6.81. The molecule has 3 N–H and O–H groups in total. The fourth-order valence-electron chi connectivity index (χ4n) is 4.37. The van der Waals surface area contributed by atoms with Crippen molar-refractivity contribution in [3.63, 3.8) is 0 Å². The highest BCUT2D eigenvalue weighted by Gasteiger charge is 2.40. The van der Waals surface area contributed by atoms with Crippen molar-refractivity contribution in [1.29, 1.82) is 0 Å². The summed E-state index contributed by atoms with van der Waals surface area (Å²) in [6, 6.07) is 26.1. The van der Waals surface area contributed by atoms with Gasteiger partial charge in [0.2, 0.25) is 0 Å². The number of benzene rings is 4. The van der Waals surface area contributed by atoms with E-state index < -0.39 is 17.8 Å². The van der Waals surface area contributed by atoms with Gasteiger partial charge in [-0.1, -0.05) is 23.9 Å². The first kappa shape index (κ1) is 29.3. The molecule has 1 heterocycles. The van der Waals surface area contributed by atoms with E-state index in [0.717, 1.165) is 27.8 Å². The van der Waals surface area contributed by atoms with Crippen LogP contribution in [0.5, 0.6) is 11.5 Å². The van der Waals surface area contributed by atoms with Crippen molar-refractivity contribution in [3.05, 3.63) is 113 Å². The van der Waals surface area contributed by atoms with Crippen LogP contribution in [0.25, 0.3) is 0 Å². The molecule has 0 bridgehead atoms. The monoisotopic (exact) mass is 594 g/mol. The molecule has 218 valence electrons. The van der Waals surface area contributed by atoms with Crippen LogP contribution in [0, 0.1) is 13.8 Å². The van der Waals surface area contributed by atoms with Gasteiger partial charge in [-0.15, -0.1) is 0 Å². The SMILES string of the molecule is COc1ccc(NC(=O)Nc2cccc(SC3=C(Nc4ccc(C)c(C)c4)C(=O)N(c4ccc(OC)cc4)C3=O)c2)cc1. The average molecular weight is 595 g/mol. The third kappa shape index (κ3) is 6.65. The Labute approximate surface area is 253 Å². The number of nitrogens with zero attached hydrogens (tertiary/aromatic N) is 1. The van der Waals surface area contributed by atoms with Crippen molar-refractivity contribution in [3.8, 4) is 11.5 Å². The summed E-state index contributed by atoms with van der Waals surface area (Å²) in [5.74, 6) is 0.368. The maximum atomic E-state index is 13.8. The van der Waals surface area contributed by atoms with Crippen LogP contribution >= 0.6 is 11.8 Å². The number of rotatable bonds is 9. The fourth-order valence-corrected chi connectivity index (χ4v) is 5.35. The van der Waals surface area contributed by atoms with Crippen LogP contribution in [-0.4, -0.2) is 32.1 Å². The molecule has 1 aliphatic rings. The standard InChI is InChI=1S/C33H30N4O5S/c1-20-8-9-24(18-21(20)2)34-29-30(32(39)37(31(29)38)25-12-16-27(42-4)17-13-25)43-28-7-5-6-23(19-28)36-33(40)35-22-10-14-26(41-3)15-11-22/h5-19,34H,1-4H3,(H2,35,36,40). The molecule has 4 aromatic carbocycles. The van der Waals surface area contributed by atoms with Crippen LogP contribution in [0.4, 0.5) is 27.5 Å². The fraction of sp³-hybridized carbons (Fsp3) is 0.121. The van der Waals surface area contributed by atoms with Gasteiger partial charge in [-0.3, -0.25) is 9.59 Å². The van der Waals surface area contributed by atoms with Gasteiger partial charge in [0.05, 0.1) is 19.9 Å². The molecule has 0 radical (unpaired) electrons. The molecule has 0 spiro atoms. The second-order valence-electron chi connectivity index (χ2n) is 9.71. The summed E-state index contributed by atoms with van der Waals surface area (Å²) in [6.07, 6.45) is 0. The first-order chi connectivity index (χ1) is 20.7. The van der Waals surface area contributed by atoms with Gasteiger partial charge in [0.1, 0.15) is 22.1 Å². The molecule has 10 heteroatoms. The van der Waals surface area contributed by atoms with E-state index >= 15 is 0 Å². The molecule has 0 aromatic heterocycles. The predicted octanol–water partition coefficient (Wildman–Crippen LogP) is 6.95. The average Bonchev–Trinajstić information content (AvgIpc) is 3.23. The van der Waals surface area contributed by atoms with Crippen molar-refractivity contribution in [2.24, 2.45) is 0 Å². The molecular weight excluding hydrogens is 564 g/mol. The summed E-state index contributed by atoms with van der Waals surface area (Å²) in [5.41, 5.74) is 4.58. The highest BCUT2D eigenvalue weighted by molar-refractivity contribution is 8.04. The van der Waals surface area contributed by atoms with Gasteiger partial charge in [-0.05, 0) is 104 Å². The first-order valence-corrected chi connectivity index (χ1v) is 14.2. The first-order valence-electron chi connectivity index (χ1n) is 13.4. The predicted molar refractivity (Wildman–Crippen MR) is 170 cm³/mol. The highest BCUT2D eigenvalue weighted by Crippen LogP contribution is 2.39. The topological polar surface area (TPSA) is 109 Å². The summed E-state index contributed by atoms with van der Waals surface area (Å²) in [5, 5.41) is 8.79. The van der Waals surface area contributed by atoms with Crippen LogP contribution in [0.3, 0.4) is 0 Å². The van der Waals surface area contributed by atoms with Crippen LogP contribution < -0.4 is 30.3 Å². The van der Waals surface area contributed by atoms with Crippen molar-refractivity contribution in [2.75, 3.05) is 35.1 Å². The number of thioether (sulfide) groups is 1. The number of carbonyl (C=O) groups excluding carboxylic acids is 3. The maximum Gasteiger partial charge on any atom is 0.323 e. The minimum atomic E-state index is -0.468. The molecule has 0 atom stereocenters. The zero-order valence-corrected chi connectivity index (χ0v) is 24.9. The molecular formula is C33H30N4O5S. The number of hydrogen-bond donors (Lipinski definition) is 3. The molecule has 0 saturated heterocycles. The van der Waals surface area contributed by atoms with Crippen molar-refractivity contribution >= 4 is 52.4 Å². The molecule has 0 fully saturated rings. The number of carbonyl (C=O) groups is 3. The van der Waals surface area contributed by atoms with E-state index in [0.29, 0.717) is 39.1 Å². The Hall–Kier alpha value is -5.22. The van der Waals surface area contributed by atoms with Crippen LogP contribution in [-0.2, 0) is 9.59 Å². The number of amides is 4. The zero-order chi connectivity index (χ0) is 30.5. The summed E-state index contributed by atoms with van der Waals surface area (Å²) < 4.78 is 10.4. The Bertz CT molecular complexity index is 1720. The number of ether oxygens (including phenoxy) is 2. The number of hydrogen-bond acceptors (Lipinski definition) is 7. The van der Waals surface area contributed by atoms with Gasteiger partial charge in [0.15, 0.2) is 0 Å². The number of anilines is 4. The van der Waals surface area contributed by atoms with E-state index in [1.54, 1.807) is 80.9 Å². The van der Waals surface area contributed by atoms with Crippen molar-refractivity contribution in [2.45, 2.75) is 18.7 Å². The number of methoxy groups -OCH3 is 2. The third-order valence-corrected chi connectivity index (χ3v) is 7.88. The normalized spacial score (nSPS) is 12.8. The lowest BCUT2D eigenvalue weighted by atomic mass is 10.1. The molecule has 4 amide bonds. The van der Waals surface area contributed by atoms with Gasteiger partial charge in [0, 0.05) is 22.0 Å². The second kappa shape index (κ2) is 12.7. The quantitative estimate of drug-likeness (QED) is 0.180. The smallest absolute Gasteiger partial charge is 0.323 e. The number of imide groups is 1. The Morgan fingerprint density at radius 1 is 0.698 bits per heavy atom. The second-order valence-corrected chi connectivity index (χ2v) is 10.8. The minimum Gasteiger partial charge on any atom is -0.497 e. The Morgan fingerprint density at radius 2 is 1.33 bits per heavy atom. The van der Waals surface area contributed by atoms with Gasteiger partial charge in [-0.2, -0.15) is 0 Å². The maximum absolute atomic E-state index is 13.8. The van der Waals surface area contributed by atoms with Crippen LogP contribution in [0.2, 0.25) is 0 Å². The largest absolute Gasteiger partial charge is 0.497 e. The van der Waals surface area contributed by atoms with Crippen molar-refractivity contribution < 1.29 is 23.9 Å². The number of urea groups is 1. The Morgan fingerprint density at radius 3 is 1.98 bits per heavy atom. The van der Waals surface area contributed by atoms with E-state index in [4.69, 9.17) is 9.47 Å². The number of aryl methyl sites for hydroxylation is 2. The zero-order valence-electron chi connectivity index (χ0n) is 24.1.